The van der Waals surface area contributed by atoms with E-state index >= 15 is 0 Å². The summed E-state index contributed by atoms with van der Waals surface area (Å²) in [5.41, 5.74) is 0.800. The van der Waals surface area contributed by atoms with Crippen LogP contribution in [0.3, 0.4) is 0 Å². The zero-order chi connectivity index (χ0) is 15.6. The highest BCUT2D eigenvalue weighted by atomic mass is 32.1. The van der Waals surface area contributed by atoms with Crippen molar-refractivity contribution in [3.8, 4) is 0 Å². The maximum Gasteiger partial charge on any atom is 0.236 e. The lowest BCUT2D eigenvalue weighted by Gasteiger charge is -2.36. The quantitative estimate of drug-likeness (QED) is 0.944. The Bertz CT molecular complexity index is 680. The van der Waals surface area contributed by atoms with Gasteiger partial charge in [-0.1, -0.05) is 12.1 Å². The van der Waals surface area contributed by atoms with Crippen molar-refractivity contribution in [3.63, 3.8) is 0 Å². The van der Waals surface area contributed by atoms with Gasteiger partial charge in [0.1, 0.15) is 5.82 Å². The van der Waals surface area contributed by atoms with Gasteiger partial charge in [0.15, 0.2) is 5.13 Å². The number of anilines is 1. The number of rotatable bonds is 3. The van der Waals surface area contributed by atoms with Crippen molar-refractivity contribution in [1.82, 2.24) is 4.98 Å². The molecule has 0 spiro atoms. The number of carbonyl (C=O) groups is 1. The second kappa shape index (κ2) is 6.14. The van der Waals surface area contributed by atoms with Crippen molar-refractivity contribution in [2.75, 3.05) is 18.5 Å². The fourth-order valence-corrected chi connectivity index (χ4v) is 3.46. The first-order chi connectivity index (χ1) is 10.6. The van der Waals surface area contributed by atoms with E-state index in [1.54, 1.807) is 12.1 Å². The average molecular weight is 320 g/mol. The molecule has 4 nitrogen and oxygen atoms in total. The summed E-state index contributed by atoms with van der Waals surface area (Å²) < 4.78 is 19.0. The molecule has 1 aromatic carbocycles. The number of halogens is 1. The number of nitrogens with one attached hydrogen (secondary N) is 1. The predicted octanol–water partition coefficient (Wildman–Crippen LogP) is 3.28. The third-order valence-electron chi connectivity index (χ3n) is 4.00. The fourth-order valence-electron chi connectivity index (χ4n) is 2.78. The van der Waals surface area contributed by atoms with E-state index in [4.69, 9.17) is 4.74 Å². The monoisotopic (exact) mass is 320 g/mol. The van der Waals surface area contributed by atoms with Gasteiger partial charge in [-0.25, -0.2) is 9.37 Å². The van der Waals surface area contributed by atoms with E-state index in [0.29, 0.717) is 36.8 Å². The number of nitrogens with zero attached hydrogens (tertiary/aromatic N) is 1. The van der Waals surface area contributed by atoms with E-state index in [-0.39, 0.29) is 11.7 Å². The normalized spacial score (nSPS) is 17.2. The van der Waals surface area contributed by atoms with E-state index in [0.717, 1.165) is 5.69 Å². The molecule has 6 heteroatoms. The highest BCUT2D eigenvalue weighted by Crippen LogP contribution is 2.36. The van der Waals surface area contributed by atoms with Crippen molar-refractivity contribution in [3.05, 3.63) is 46.7 Å². The number of hydrogen-bond acceptors (Lipinski definition) is 4. The van der Waals surface area contributed by atoms with E-state index in [2.05, 4.69) is 10.3 Å². The molecule has 22 heavy (non-hydrogen) atoms. The highest BCUT2D eigenvalue weighted by Gasteiger charge is 2.42. The molecular formula is C16H17FN2O2S. The SMILES string of the molecule is Cc1csc(NC(=O)C2(c3cccc(F)c3)CCOCC2)n1. The lowest BCUT2D eigenvalue weighted by Crippen LogP contribution is -2.44. The molecule has 1 fully saturated rings. The van der Waals surface area contributed by atoms with Crippen LogP contribution in [0.15, 0.2) is 29.6 Å². The Morgan fingerprint density at radius 1 is 1.41 bits per heavy atom. The van der Waals surface area contributed by atoms with Crippen LogP contribution in [-0.4, -0.2) is 24.1 Å². The van der Waals surface area contributed by atoms with E-state index in [1.807, 2.05) is 12.3 Å². The smallest absolute Gasteiger partial charge is 0.236 e. The summed E-state index contributed by atoms with van der Waals surface area (Å²) in [6.07, 6.45) is 1.07. The van der Waals surface area contributed by atoms with Gasteiger partial charge in [0.25, 0.3) is 0 Å². The number of benzene rings is 1. The van der Waals surface area contributed by atoms with Crippen LogP contribution >= 0.6 is 11.3 Å². The summed E-state index contributed by atoms with van der Waals surface area (Å²) in [5, 5.41) is 5.34. The number of carbonyl (C=O) groups excluding carboxylic acids is 1. The maximum atomic E-state index is 13.6. The van der Waals surface area contributed by atoms with Gasteiger partial charge < -0.3 is 10.1 Å². The van der Waals surface area contributed by atoms with E-state index in [9.17, 15) is 9.18 Å². The third kappa shape index (κ3) is 2.89. The van der Waals surface area contributed by atoms with E-state index in [1.165, 1.54) is 23.5 Å². The Labute approximate surface area is 132 Å². The average Bonchev–Trinajstić information content (AvgIpc) is 2.93. The number of thiazole rings is 1. The Morgan fingerprint density at radius 2 is 2.18 bits per heavy atom. The van der Waals surface area contributed by atoms with Gasteiger partial charge in [0.2, 0.25) is 5.91 Å². The first-order valence-electron chi connectivity index (χ1n) is 7.17. The Hall–Kier alpha value is -1.79. The van der Waals surface area contributed by atoms with Crippen molar-refractivity contribution in [1.29, 1.82) is 0 Å². The summed E-state index contributed by atoms with van der Waals surface area (Å²) in [7, 11) is 0. The van der Waals surface area contributed by atoms with Crippen LogP contribution in [0.5, 0.6) is 0 Å². The third-order valence-corrected chi connectivity index (χ3v) is 4.87. The van der Waals surface area contributed by atoms with Gasteiger partial charge in [-0.05, 0) is 37.5 Å². The summed E-state index contributed by atoms with van der Waals surface area (Å²) in [5.74, 6) is -0.475. The van der Waals surface area contributed by atoms with Crippen LogP contribution in [-0.2, 0) is 14.9 Å². The molecule has 1 aromatic heterocycles. The molecule has 0 unspecified atom stereocenters. The summed E-state index contributed by atoms with van der Waals surface area (Å²) in [6.45, 7) is 2.85. The molecule has 1 N–H and O–H groups in total. The van der Waals surface area contributed by atoms with Crippen LogP contribution in [0.1, 0.15) is 24.1 Å². The number of amides is 1. The molecule has 1 saturated heterocycles. The van der Waals surface area contributed by atoms with Gasteiger partial charge in [0, 0.05) is 18.6 Å². The number of ether oxygens (including phenoxy) is 1. The Balaban J connectivity index is 1.93. The second-order valence-electron chi connectivity index (χ2n) is 5.45. The van der Waals surface area contributed by atoms with Crippen LogP contribution < -0.4 is 5.32 Å². The standard InChI is InChI=1S/C16H17FN2O2S/c1-11-10-22-15(18-11)19-14(20)16(5-7-21-8-6-16)12-3-2-4-13(17)9-12/h2-4,9-10H,5-8H2,1H3,(H,18,19,20). The molecule has 1 amide bonds. The topological polar surface area (TPSA) is 51.2 Å². The minimum Gasteiger partial charge on any atom is -0.381 e. The molecule has 0 aliphatic carbocycles. The predicted molar refractivity (Wildman–Crippen MR) is 83.6 cm³/mol. The first-order valence-corrected chi connectivity index (χ1v) is 8.05. The molecule has 0 saturated carbocycles. The first kappa shape index (κ1) is 15.1. The van der Waals surface area contributed by atoms with Crippen LogP contribution in [0.4, 0.5) is 9.52 Å². The zero-order valence-electron chi connectivity index (χ0n) is 12.3. The van der Waals surface area contributed by atoms with Crippen LogP contribution in [0.2, 0.25) is 0 Å². The molecule has 116 valence electrons. The second-order valence-corrected chi connectivity index (χ2v) is 6.31. The molecule has 0 bridgehead atoms. The number of hydrogen-bond donors (Lipinski definition) is 1. The van der Waals surface area contributed by atoms with Gasteiger partial charge in [-0.3, -0.25) is 4.79 Å². The van der Waals surface area contributed by atoms with Gasteiger partial charge in [0.05, 0.1) is 11.1 Å². The van der Waals surface area contributed by atoms with Crippen molar-refractivity contribution in [2.24, 2.45) is 0 Å². The number of aromatic nitrogens is 1. The van der Waals surface area contributed by atoms with Gasteiger partial charge in [-0.15, -0.1) is 11.3 Å². The molecule has 3 rings (SSSR count). The Kier molecular flexibility index (Phi) is 4.22. The van der Waals surface area contributed by atoms with Gasteiger partial charge >= 0.3 is 0 Å². The molecule has 1 aliphatic heterocycles. The van der Waals surface area contributed by atoms with Crippen molar-refractivity contribution in [2.45, 2.75) is 25.2 Å². The molecule has 0 radical (unpaired) electrons. The molecule has 0 atom stereocenters. The fraction of sp³-hybridized carbons (Fsp3) is 0.375. The zero-order valence-corrected chi connectivity index (χ0v) is 13.1. The van der Waals surface area contributed by atoms with Crippen molar-refractivity contribution >= 4 is 22.4 Å². The molecule has 2 heterocycles. The lowest BCUT2D eigenvalue weighted by atomic mass is 9.73. The molecular weight excluding hydrogens is 303 g/mol. The van der Waals surface area contributed by atoms with E-state index < -0.39 is 5.41 Å². The van der Waals surface area contributed by atoms with Crippen molar-refractivity contribution < 1.29 is 13.9 Å². The lowest BCUT2D eigenvalue weighted by molar-refractivity contribution is -0.125. The largest absolute Gasteiger partial charge is 0.381 e. The van der Waals surface area contributed by atoms with Crippen LogP contribution in [0, 0.1) is 12.7 Å². The highest BCUT2D eigenvalue weighted by molar-refractivity contribution is 7.13. The molecule has 1 aliphatic rings. The summed E-state index contributed by atoms with van der Waals surface area (Å²) in [4.78, 5) is 17.2. The minimum atomic E-state index is -0.764. The number of aryl methyl sites for hydroxylation is 1. The Morgan fingerprint density at radius 3 is 2.82 bits per heavy atom. The summed E-state index contributed by atoms with van der Waals surface area (Å²) in [6, 6.07) is 6.28. The van der Waals surface area contributed by atoms with Gasteiger partial charge in [-0.2, -0.15) is 0 Å². The minimum absolute atomic E-state index is 0.143. The van der Waals surface area contributed by atoms with Crippen LogP contribution in [0.25, 0.3) is 0 Å². The summed E-state index contributed by atoms with van der Waals surface area (Å²) >= 11 is 1.39. The maximum absolute atomic E-state index is 13.6. The molecule has 2 aromatic rings.